The van der Waals surface area contributed by atoms with E-state index in [4.69, 9.17) is 4.42 Å². The van der Waals surface area contributed by atoms with E-state index in [1.165, 1.54) is 17.7 Å². The van der Waals surface area contributed by atoms with Gasteiger partial charge in [-0.1, -0.05) is 13.8 Å². The van der Waals surface area contributed by atoms with Crippen molar-refractivity contribution in [2.45, 2.75) is 39.2 Å². The highest BCUT2D eigenvalue weighted by Crippen LogP contribution is 2.48. The van der Waals surface area contributed by atoms with Crippen LogP contribution in [0.1, 0.15) is 37.5 Å². The van der Waals surface area contributed by atoms with Gasteiger partial charge >= 0.3 is 0 Å². The van der Waals surface area contributed by atoms with Crippen molar-refractivity contribution in [2.24, 2.45) is 5.92 Å². The SMILES string of the molecule is Cc1ccoc1C1CC1CNC(C)C. The van der Waals surface area contributed by atoms with Gasteiger partial charge in [-0.25, -0.2) is 0 Å². The smallest absolute Gasteiger partial charge is 0.110 e. The van der Waals surface area contributed by atoms with E-state index in [0.717, 1.165) is 12.5 Å². The quantitative estimate of drug-likeness (QED) is 0.795. The van der Waals surface area contributed by atoms with E-state index in [2.05, 4.69) is 32.2 Å². The van der Waals surface area contributed by atoms with E-state index in [0.29, 0.717) is 12.0 Å². The molecule has 1 heterocycles. The molecule has 1 aliphatic carbocycles. The summed E-state index contributed by atoms with van der Waals surface area (Å²) in [4.78, 5) is 0. The molecule has 2 unspecified atom stereocenters. The molecule has 1 aromatic rings. The van der Waals surface area contributed by atoms with Gasteiger partial charge in [0.05, 0.1) is 6.26 Å². The Kier molecular flexibility index (Phi) is 2.64. The lowest BCUT2D eigenvalue weighted by Crippen LogP contribution is -2.25. The number of hydrogen-bond donors (Lipinski definition) is 1. The lowest BCUT2D eigenvalue weighted by Gasteiger charge is -2.06. The lowest BCUT2D eigenvalue weighted by atomic mass is 10.2. The normalized spacial score (nSPS) is 25.7. The molecule has 2 rings (SSSR count). The molecule has 2 nitrogen and oxygen atoms in total. The molecule has 0 saturated heterocycles. The first-order valence-electron chi connectivity index (χ1n) is 5.46. The van der Waals surface area contributed by atoms with E-state index in [9.17, 15) is 0 Å². The van der Waals surface area contributed by atoms with Gasteiger partial charge in [-0.3, -0.25) is 0 Å². The molecule has 1 saturated carbocycles. The molecular formula is C12H19NO. The first-order chi connectivity index (χ1) is 6.68. The molecule has 2 heteroatoms. The van der Waals surface area contributed by atoms with Crippen LogP contribution >= 0.6 is 0 Å². The Morgan fingerprint density at radius 3 is 2.93 bits per heavy atom. The molecule has 0 spiro atoms. The molecule has 14 heavy (non-hydrogen) atoms. The molecule has 2 atom stereocenters. The van der Waals surface area contributed by atoms with Gasteiger partial charge in [0.15, 0.2) is 0 Å². The molecule has 1 aliphatic rings. The Morgan fingerprint density at radius 2 is 2.36 bits per heavy atom. The summed E-state index contributed by atoms with van der Waals surface area (Å²) in [5.41, 5.74) is 1.31. The van der Waals surface area contributed by atoms with Crippen molar-refractivity contribution < 1.29 is 4.42 Å². The molecule has 1 N–H and O–H groups in total. The average molecular weight is 193 g/mol. The highest BCUT2D eigenvalue weighted by Gasteiger charge is 2.40. The van der Waals surface area contributed by atoms with Gasteiger partial charge < -0.3 is 9.73 Å². The Bertz CT molecular complexity index is 303. The van der Waals surface area contributed by atoms with Crippen molar-refractivity contribution in [3.8, 4) is 0 Å². The third kappa shape index (κ3) is 2.01. The van der Waals surface area contributed by atoms with E-state index in [1.54, 1.807) is 6.26 Å². The maximum atomic E-state index is 5.50. The minimum Gasteiger partial charge on any atom is -0.469 e. The summed E-state index contributed by atoms with van der Waals surface area (Å²) in [6.07, 6.45) is 3.09. The second kappa shape index (κ2) is 3.77. The van der Waals surface area contributed by atoms with Crippen LogP contribution in [-0.4, -0.2) is 12.6 Å². The number of hydrogen-bond acceptors (Lipinski definition) is 2. The fraction of sp³-hybridized carbons (Fsp3) is 0.667. The largest absolute Gasteiger partial charge is 0.469 e. The molecule has 0 bridgehead atoms. The first-order valence-corrected chi connectivity index (χ1v) is 5.46. The van der Waals surface area contributed by atoms with Crippen LogP contribution in [0.3, 0.4) is 0 Å². The number of nitrogens with one attached hydrogen (secondary N) is 1. The minimum absolute atomic E-state index is 0.592. The van der Waals surface area contributed by atoms with Crippen LogP contribution in [0.2, 0.25) is 0 Å². The van der Waals surface area contributed by atoms with Gasteiger partial charge in [0.25, 0.3) is 0 Å². The van der Waals surface area contributed by atoms with E-state index >= 15 is 0 Å². The molecule has 0 radical (unpaired) electrons. The summed E-state index contributed by atoms with van der Waals surface area (Å²) in [6, 6.07) is 2.65. The zero-order valence-corrected chi connectivity index (χ0v) is 9.21. The van der Waals surface area contributed by atoms with Crippen LogP contribution in [0.4, 0.5) is 0 Å². The lowest BCUT2D eigenvalue weighted by molar-refractivity contribution is 0.489. The fourth-order valence-corrected chi connectivity index (χ4v) is 1.95. The summed E-state index contributed by atoms with van der Waals surface area (Å²) < 4.78 is 5.50. The van der Waals surface area contributed by atoms with Gasteiger partial charge in [-0.15, -0.1) is 0 Å². The summed E-state index contributed by atoms with van der Waals surface area (Å²) in [5.74, 6) is 2.68. The van der Waals surface area contributed by atoms with Crippen molar-refractivity contribution in [2.75, 3.05) is 6.54 Å². The van der Waals surface area contributed by atoms with Crippen molar-refractivity contribution in [3.05, 3.63) is 23.7 Å². The summed E-state index contributed by atoms with van der Waals surface area (Å²) in [7, 11) is 0. The highest BCUT2D eigenvalue weighted by molar-refractivity contribution is 5.24. The standard InChI is InChI=1S/C12H19NO/c1-8(2)13-7-10-6-11(10)12-9(3)4-5-14-12/h4-5,8,10-11,13H,6-7H2,1-3H3. The van der Waals surface area contributed by atoms with Crippen LogP contribution < -0.4 is 5.32 Å². The van der Waals surface area contributed by atoms with Gasteiger partial charge in [0, 0.05) is 12.0 Å². The highest BCUT2D eigenvalue weighted by atomic mass is 16.3. The summed E-state index contributed by atoms with van der Waals surface area (Å²) in [6.45, 7) is 7.64. The molecule has 1 fully saturated rings. The molecule has 0 amide bonds. The number of rotatable bonds is 4. The predicted octanol–water partition coefficient (Wildman–Crippen LogP) is 2.69. The fourth-order valence-electron chi connectivity index (χ4n) is 1.95. The molecule has 0 aliphatic heterocycles. The predicted molar refractivity (Wildman–Crippen MR) is 57.4 cm³/mol. The van der Waals surface area contributed by atoms with Gasteiger partial charge in [0.1, 0.15) is 5.76 Å². The second-order valence-corrected chi connectivity index (χ2v) is 4.63. The molecular weight excluding hydrogens is 174 g/mol. The van der Waals surface area contributed by atoms with Crippen LogP contribution in [0.15, 0.2) is 16.7 Å². The zero-order chi connectivity index (χ0) is 10.1. The number of aryl methyl sites for hydroxylation is 1. The molecule has 0 aromatic carbocycles. The van der Waals surface area contributed by atoms with Gasteiger partial charge in [-0.05, 0) is 37.4 Å². The Morgan fingerprint density at radius 1 is 1.57 bits per heavy atom. The minimum atomic E-state index is 0.592. The van der Waals surface area contributed by atoms with Crippen LogP contribution in [0, 0.1) is 12.8 Å². The maximum absolute atomic E-state index is 5.50. The molecule has 1 aromatic heterocycles. The summed E-state index contributed by atoms with van der Waals surface area (Å²) >= 11 is 0. The van der Waals surface area contributed by atoms with Crippen molar-refractivity contribution in [1.82, 2.24) is 5.32 Å². The average Bonchev–Trinajstić information content (AvgIpc) is 2.78. The van der Waals surface area contributed by atoms with Gasteiger partial charge in [0.2, 0.25) is 0 Å². The van der Waals surface area contributed by atoms with Crippen LogP contribution in [0.25, 0.3) is 0 Å². The van der Waals surface area contributed by atoms with Crippen LogP contribution in [0.5, 0.6) is 0 Å². The van der Waals surface area contributed by atoms with Crippen LogP contribution in [-0.2, 0) is 0 Å². The Labute approximate surface area is 85.7 Å². The van der Waals surface area contributed by atoms with E-state index in [1.807, 2.05) is 0 Å². The third-order valence-electron chi connectivity index (χ3n) is 2.95. The molecule has 78 valence electrons. The summed E-state index contributed by atoms with van der Waals surface area (Å²) in [5, 5.41) is 3.48. The maximum Gasteiger partial charge on any atom is 0.110 e. The Hall–Kier alpha value is -0.760. The monoisotopic (exact) mass is 193 g/mol. The topological polar surface area (TPSA) is 25.2 Å². The second-order valence-electron chi connectivity index (χ2n) is 4.63. The van der Waals surface area contributed by atoms with Gasteiger partial charge in [-0.2, -0.15) is 0 Å². The number of furan rings is 1. The van der Waals surface area contributed by atoms with Crippen molar-refractivity contribution in [3.63, 3.8) is 0 Å². The van der Waals surface area contributed by atoms with Crippen molar-refractivity contribution >= 4 is 0 Å². The third-order valence-corrected chi connectivity index (χ3v) is 2.95. The van der Waals surface area contributed by atoms with Crippen molar-refractivity contribution in [1.29, 1.82) is 0 Å². The zero-order valence-electron chi connectivity index (χ0n) is 9.21. The van der Waals surface area contributed by atoms with E-state index in [-0.39, 0.29) is 0 Å². The first kappa shape index (κ1) is 9.78. The Balaban J connectivity index is 1.85. The van der Waals surface area contributed by atoms with E-state index < -0.39 is 0 Å².